The van der Waals surface area contributed by atoms with E-state index in [2.05, 4.69) is 5.32 Å². The van der Waals surface area contributed by atoms with E-state index in [0.29, 0.717) is 16.1 Å². The average Bonchev–Trinajstić information content (AvgIpc) is 3.57. The van der Waals surface area contributed by atoms with Crippen LogP contribution >= 0.6 is 11.6 Å². The van der Waals surface area contributed by atoms with Crippen LogP contribution in [0, 0.1) is 19.7 Å². The SMILES string of the molecule is Cc1ccc(S(=O)(=O)N(CC(=O)N(Cc2ccc(F)cc2)C(Cc2ccccc2)C(=O)NC2CCCC2)c2cccc(Cl)c2C)cc1. The number of nitrogens with zero attached hydrogens (tertiary/aromatic N) is 2. The van der Waals surface area contributed by atoms with Gasteiger partial charge in [-0.25, -0.2) is 12.8 Å². The van der Waals surface area contributed by atoms with Crippen molar-refractivity contribution < 1.29 is 22.4 Å². The molecule has 4 aromatic carbocycles. The lowest BCUT2D eigenvalue weighted by Gasteiger charge is -2.34. The van der Waals surface area contributed by atoms with Crippen LogP contribution in [0.25, 0.3) is 0 Å². The molecule has 1 N–H and O–H groups in total. The summed E-state index contributed by atoms with van der Waals surface area (Å²) in [4.78, 5) is 30.1. The fourth-order valence-corrected chi connectivity index (χ4v) is 7.57. The maximum absolute atomic E-state index is 14.6. The van der Waals surface area contributed by atoms with E-state index < -0.39 is 34.3 Å². The number of carbonyl (C=O) groups excluding carboxylic acids is 2. The molecule has 4 aromatic rings. The Labute approximate surface area is 281 Å². The predicted molar refractivity (Wildman–Crippen MR) is 183 cm³/mol. The molecule has 47 heavy (non-hydrogen) atoms. The monoisotopic (exact) mass is 675 g/mol. The van der Waals surface area contributed by atoms with Gasteiger partial charge in [-0.3, -0.25) is 13.9 Å². The second kappa shape index (κ2) is 15.1. The van der Waals surface area contributed by atoms with Crippen LogP contribution in [-0.2, 0) is 32.6 Å². The highest BCUT2D eigenvalue weighted by Crippen LogP contribution is 2.31. The van der Waals surface area contributed by atoms with E-state index in [1.807, 2.05) is 37.3 Å². The van der Waals surface area contributed by atoms with Gasteiger partial charge in [0.05, 0.1) is 10.6 Å². The van der Waals surface area contributed by atoms with Crippen molar-refractivity contribution in [1.29, 1.82) is 0 Å². The van der Waals surface area contributed by atoms with Crippen LogP contribution < -0.4 is 9.62 Å². The topological polar surface area (TPSA) is 86.8 Å². The van der Waals surface area contributed by atoms with E-state index in [1.165, 1.54) is 29.2 Å². The molecule has 1 saturated carbocycles. The van der Waals surface area contributed by atoms with Crippen LogP contribution in [0.1, 0.15) is 47.9 Å². The molecule has 0 saturated heterocycles. The molecule has 1 atom stereocenters. The summed E-state index contributed by atoms with van der Waals surface area (Å²) in [6, 6.07) is 25.4. The number of aryl methyl sites for hydroxylation is 1. The number of benzene rings is 4. The normalized spacial score (nSPS) is 14.0. The van der Waals surface area contributed by atoms with Crippen molar-refractivity contribution in [2.24, 2.45) is 0 Å². The Balaban J connectivity index is 1.58. The molecule has 10 heteroatoms. The first kappa shape index (κ1) is 34.1. The van der Waals surface area contributed by atoms with Crippen LogP contribution in [0.2, 0.25) is 5.02 Å². The minimum absolute atomic E-state index is 0.00364. The first-order valence-corrected chi connectivity index (χ1v) is 17.6. The molecule has 0 spiro atoms. The van der Waals surface area contributed by atoms with Crippen LogP contribution in [0.4, 0.5) is 10.1 Å². The number of hydrogen-bond donors (Lipinski definition) is 1. The van der Waals surface area contributed by atoms with Crippen molar-refractivity contribution in [2.45, 2.75) is 69.5 Å². The van der Waals surface area contributed by atoms with Gasteiger partial charge in [0, 0.05) is 24.0 Å². The van der Waals surface area contributed by atoms with E-state index in [-0.39, 0.29) is 35.5 Å². The van der Waals surface area contributed by atoms with Gasteiger partial charge in [0.15, 0.2) is 0 Å². The molecule has 1 fully saturated rings. The number of amides is 2. The van der Waals surface area contributed by atoms with Gasteiger partial charge >= 0.3 is 0 Å². The Morgan fingerprint density at radius 1 is 0.872 bits per heavy atom. The van der Waals surface area contributed by atoms with E-state index in [0.717, 1.165) is 41.1 Å². The molecule has 1 aliphatic rings. The van der Waals surface area contributed by atoms with Crippen LogP contribution in [-0.4, -0.2) is 43.8 Å². The average molecular weight is 676 g/mol. The molecule has 2 amide bonds. The second-order valence-corrected chi connectivity index (χ2v) is 14.3. The third-order valence-corrected chi connectivity index (χ3v) is 10.8. The maximum Gasteiger partial charge on any atom is 0.264 e. The van der Waals surface area contributed by atoms with Gasteiger partial charge in [-0.05, 0) is 79.8 Å². The summed E-state index contributed by atoms with van der Waals surface area (Å²) in [5.74, 6) is -1.34. The second-order valence-electron chi connectivity index (χ2n) is 12.1. The Bertz CT molecular complexity index is 1800. The highest BCUT2D eigenvalue weighted by atomic mass is 35.5. The summed E-state index contributed by atoms with van der Waals surface area (Å²) < 4.78 is 43.5. The van der Waals surface area contributed by atoms with Gasteiger partial charge in [0.1, 0.15) is 18.4 Å². The van der Waals surface area contributed by atoms with Crippen LogP contribution in [0.5, 0.6) is 0 Å². The Hall–Kier alpha value is -4.21. The molecule has 1 unspecified atom stereocenters. The Morgan fingerprint density at radius 3 is 2.19 bits per heavy atom. The summed E-state index contributed by atoms with van der Waals surface area (Å²) in [6.07, 6.45) is 3.93. The smallest absolute Gasteiger partial charge is 0.264 e. The standard InChI is InChI=1S/C37H39ClFN3O4S/c1-26-15-21-32(22-16-26)47(45,46)42(34-14-8-13-33(38)27(34)2)25-36(43)41(24-29-17-19-30(39)20-18-29)35(23-28-9-4-3-5-10-28)37(44)40-31-11-6-7-12-31/h3-5,8-10,13-22,31,35H,6-7,11-12,23-25H2,1-2H3,(H,40,44). The van der Waals surface area contributed by atoms with E-state index in [4.69, 9.17) is 11.6 Å². The van der Waals surface area contributed by atoms with Crippen LogP contribution in [0.3, 0.4) is 0 Å². The lowest BCUT2D eigenvalue weighted by molar-refractivity contribution is -0.140. The van der Waals surface area contributed by atoms with Crippen LogP contribution in [0.15, 0.2) is 102 Å². The first-order chi connectivity index (χ1) is 22.5. The van der Waals surface area contributed by atoms with Gasteiger partial charge < -0.3 is 10.2 Å². The van der Waals surface area contributed by atoms with Gasteiger partial charge in [-0.1, -0.05) is 90.7 Å². The molecule has 0 bridgehead atoms. The number of halogens is 2. The van der Waals surface area contributed by atoms with Crippen molar-refractivity contribution in [3.63, 3.8) is 0 Å². The number of carbonyl (C=O) groups is 2. The van der Waals surface area contributed by atoms with E-state index in [9.17, 15) is 22.4 Å². The molecule has 7 nitrogen and oxygen atoms in total. The zero-order valence-electron chi connectivity index (χ0n) is 26.5. The minimum atomic E-state index is -4.26. The number of nitrogens with one attached hydrogen (secondary N) is 1. The summed E-state index contributed by atoms with van der Waals surface area (Å²) in [5.41, 5.74) is 3.06. The predicted octanol–water partition coefficient (Wildman–Crippen LogP) is 6.99. The largest absolute Gasteiger partial charge is 0.352 e. The molecule has 0 aliphatic heterocycles. The summed E-state index contributed by atoms with van der Waals surface area (Å²) in [6.45, 7) is 2.92. The quantitative estimate of drug-likeness (QED) is 0.175. The molecule has 5 rings (SSSR count). The maximum atomic E-state index is 14.6. The molecule has 0 aromatic heterocycles. The third-order valence-electron chi connectivity index (χ3n) is 8.63. The van der Waals surface area contributed by atoms with Crippen molar-refractivity contribution in [3.8, 4) is 0 Å². The lowest BCUT2D eigenvalue weighted by atomic mass is 10.0. The zero-order chi connectivity index (χ0) is 33.6. The van der Waals surface area contributed by atoms with Crippen molar-refractivity contribution >= 4 is 39.1 Å². The Kier molecular flexibility index (Phi) is 11.0. The summed E-state index contributed by atoms with van der Waals surface area (Å²) >= 11 is 6.46. The molecular weight excluding hydrogens is 637 g/mol. The van der Waals surface area contributed by atoms with Gasteiger partial charge in [0.25, 0.3) is 10.0 Å². The minimum Gasteiger partial charge on any atom is -0.352 e. The third kappa shape index (κ3) is 8.39. The van der Waals surface area contributed by atoms with E-state index in [1.54, 1.807) is 49.4 Å². The fourth-order valence-electron chi connectivity index (χ4n) is 5.93. The van der Waals surface area contributed by atoms with Crippen molar-refractivity contribution in [3.05, 3.63) is 130 Å². The van der Waals surface area contributed by atoms with Crippen molar-refractivity contribution in [2.75, 3.05) is 10.8 Å². The summed E-state index contributed by atoms with van der Waals surface area (Å²) in [5, 5.41) is 3.50. The molecule has 0 radical (unpaired) electrons. The number of anilines is 1. The number of hydrogen-bond acceptors (Lipinski definition) is 4. The van der Waals surface area contributed by atoms with Crippen molar-refractivity contribution in [1.82, 2.24) is 10.2 Å². The Morgan fingerprint density at radius 2 is 1.53 bits per heavy atom. The van der Waals surface area contributed by atoms with Gasteiger partial charge in [0.2, 0.25) is 11.8 Å². The number of rotatable bonds is 12. The van der Waals surface area contributed by atoms with Gasteiger partial charge in [-0.2, -0.15) is 0 Å². The fraction of sp³-hybridized carbons (Fsp3) is 0.297. The highest BCUT2D eigenvalue weighted by Gasteiger charge is 2.36. The zero-order valence-corrected chi connectivity index (χ0v) is 28.1. The number of sulfonamides is 1. The molecule has 0 heterocycles. The van der Waals surface area contributed by atoms with E-state index >= 15 is 0 Å². The molecule has 1 aliphatic carbocycles. The lowest BCUT2D eigenvalue weighted by Crippen LogP contribution is -2.54. The highest BCUT2D eigenvalue weighted by molar-refractivity contribution is 7.92. The summed E-state index contributed by atoms with van der Waals surface area (Å²) in [7, 11) is -4.26. The molecule has 246 valence electrons. The molecular formula is C37H39ClFN3O4S. The van der Waals surface area contributed by atoms with Gasteiger partial charge in [-0.15, -0.1) is 0 Å². The first-order valence-electron chi connectivity index (χ1n) is 15.8.